The number of carbonyl (C=O) groups excluding carboxylic acids is 3. The Morgan fingerprint density at radius 3 is 2.08 bits per heavy atom. The van der Waals surface area contributed by atoms with Gasteiger partial charge in [-0.3, -0.25) is 14.4 Å². The molecule has 0 N–H and O–H groups in total. The summed E-state index contributed by atoms with van der Waals surface area (Å²) < 4.78 is 8.59. The van der Waals surface area contributed by atoms with Gasteiger partial charge in [-0.2, -0.15) is 0 Å². The van der Waals surface area contributed by atoms with Gasteiger partial charge in [-0.1, -0.05) is 0 Å². The zero-order valence-corrected chi connectivity index (χ0v) is 7.66. The van der Waals surface area contributed by atoms with Crippen LogP contribution >= 0.6 is 0 Å². The normalized spacial score (nSPS) is 9.08. The molecule has 0 amide bonds. The predicted octanol–water partition coefficient (Wildman–Crippen LogP) is 0.419. The van der Waals surface area contributed by atoms with Crippen molar-refractivity contribution in [3.05, 3.63) is 0 Å². The molecule has 0 aromatic rings. The molecular formula is C8H12O5. The molecule has 0 saturated heterocycles. The predicted molar refractivity (Wildman–Crippen MR) is 42.6 cm³/mol. The maximum Gasteiger partial charge on any atom is 0.313 e. The first kappa shape index (κ1) is 11.6. The Kier molecular flexibility index (Phi) is 5.50. The van der Waals surface area contributed by atoms with E-state index in [0.29, 0.717) is 6.42 Å². The minimum Gasteiger partial charge on any atom is -0.469 e. The van der Waals surface area contributed by atoms with Crippen molar-refractivity contribution in [3.8, 4) is 0 Å². The van der Waals surface area contributed by atoms with E-state index in [1.165, 1.54) is 7.11 Å². The first-order chi connectivity index (χ1) is 6.06. The van der Waals surface area contributed by atoms with Crippen LogP contribution in [0.4, 0.5) is 0 Å². The Labute approximate surface area is 76.0 Å². The molecule has 0 aromatic heterocycles. The first-order valence-electron chi connectivity index (χ1n) is 3.84. The van der Waals surface area contributed by atoms with Gasteiger partial charge in [0.1, 0.15) is 0 Å². The lowest BCUT2D eigenvalue weighted by atomic mass is 10.2. The van der Waals surface area contributed by atoms with Gasteiger partial charge in [-0.15, -0.1) is 0 Å². The van der Waals surface area contributed by atoms with Crippen LogP contribution in [-0.4, -0.2) is 25.0 Å². The van der Waals surface area contributed by atoms with Crippen LogP contribution in [-0.2, 0) is 23.9 Å². The number of carbonyl (C=O) groups is 3. The van der Waals surface area contributed by atoms with Crippen molar-refractivity contribution in [1.82, 2.24) is 0 Å². The minimum absolute atomic E-state index is 0.0503. The Morgan fingerprint density at radius 1 is 1.08 bits per heavy atom. The van der Waals surface area contributed by atoms with Crippen LogP contribution in [0.1, 0.15) is 26.2 Å². The van der Waals surface area contributed by atoms with Gasteiger partial charge >= 0.3 is 17.9 Å². The van der Waals surface area contributed by atoms with E-state index in [-0.39, 0.29) is 18.8 Å². The molecule has 0 aliphatic rings. The summed E-state index contributed by atoms with van der Waals surface area (Å²) in [6, 6.07) is 0. The lowest BCUT2D eigenvalue weighted by Gasteiger charge is -1.99. The van der Waals surface area contributed by atoms with Crippen molar-refractivity contribution in [1.29, 1.82) is 0 Å². The molecule has 0 aliphatic heterocycles. The minimum atomic E-state index is -0.636. The Morgan fingerprint density at radius 2 is 1.62 bits per heavy atom. The van der Waals surface area contributed by atoms with Crippen molar-refractivity contribution in [3.63, 3.8) is 0 Å². The molecule has 0 spiro atoms. The summed E-state index contributed by atoms with van der Waals surface area (Å²) in [6.45, 7) is 1.15. The second-order valence-corrected chi connectivity index (χ2v) is 2.40. The fraction of sp³-hybridized carbons (Fsp3) is 0.625. The zero-order valence-electron chi connectivity index (χ0n) is 7.66. The number of hydrogen-bond acceptors (Lipinski definition) is 5. The maximum absolute atomic E-state index is 10.7. The fourth-order valence-corrected chi connectivity index (χ4v) is 0.690. The van der Waals surface area contributed by atoms with Crippen LogP contribution < -0.4 is 0 Å². The van der Waals surface area contributed by atoms with E-state index in [0.717, 1.165) is 6.92 Å². The van der Waals surface area contributed by atoms with E-state index in [4.69, 9.17) is 0 Å². The van der Waals surface area contributed by atoms with Crippen LogP contribution in [0, 0.1) is 0 Å². The third kappa shape index (κ3) is 6.99. The highest BCUT2D eigenvalue weighted by molar-refractivity contribution is 5.84. The second-order valence-electron chi connectivity index (χ2n) is 2.40. The van der Waals surface area contributed by atoms with Crippen LogP contribution in [0.15, 0.2) is 0 Å². The molecule has 74 valence electrons. The van der Waals surface area contributed by atoms with Crippen LogP contribution in [0.5, 0.6) is 0 Å². The number of esters is 3. The number of ether oxygens (including phenoxy) is 2. The molecule has 5 heteroatoms. The molecule has 0 heterocycles. The van der Waals surface area contributed by atoms with Gasteiger partial charge in [-0.25, -0.2) is 0 Å². The first-order valence-corrected chi connectivity index (χ1v) is 3.84. The van der Waals surface area contributed by atoms with E-state index in [2.05, 4.69) is 9.47 Å². The smallest absolute Gasteiger partial charge is 0.313 e. The van der Waals surface area contributed by atoms with Gasteiger partial charge in [-0.05, 0) is 6.42 Å². The topological polar surface area (TPSA) is 69.7 Å². The number of rotatable bonds is 4. The number of hydrogen-bond donors (Lipinski definition) is 0. The summed E-state index contributed by atoms with van der Waals surface area (Å²) in [5.41, 5.74) is 0. The van der Waals surface area contributed by atoms with Gasteiger partial charge in [0.15, 0.2) is 0 Å². The quantitative estimate of drug-likeness (QED) is 0.472. The average Bonchev–Trinajstić information content (AvgIpc) is 2.02. The van der Waals surface area contributed by atoms with Crippen LogP contribution in [0.2, 0.25) is 0 Å². The Bertz CT molecular complexity index is 209. The van der Waals surface area contributed by atoms with E-state index in [1.54, 1.807) is 0 Å². The van der Waals surface area contributed by atoms with Gasteiger partial charge in [0.2, 0.25) is 0 Å². The van der Waals surface area contributed by atoms with Gasteiger partial charge < -0.3 is 9.47 Å². The van der Waals surface area contributed by atoms with Crippen molar-refractivity contribution in [2.75, 3.05) is 7.11 Å². The molecule has 0 bridgehead atoms. The van der Waals surface area contributed by atoms with Crippen molar-refractivity contribution >= 4 is 17.9 Å². The second kappa shape index (κ2) is 6.16. The maximum atomic E-state index is 10.7. The highest BCUT2D eigenvalue weighted by atomic mass is 16.6. The molecule has 0 unspecified atom stereocenters. The SMILES string of the molecule is COC(=O)CCCC(=O)OC(C)=O. The average molecular weight is 188 g/mol. The van der Waals surface area contributed by atoms with Gasteiger partial charge in [0.05, 0.1) is 7.11 Å². The summed E-state index contributed by atoms with van der Waals surface area (Å²) in [5.74, 6) is -1.63. The van der Waals surface area contributed by atoms with Crippen molar-refractivity contribution < 1.29 is 23.9 Å². The highest BCUT2D eigenvalue weighted by Crippen LogP contribution is 1.99. The van der Waals surface area contributed by atoms with Crippen molar-refractivity contribution in [2.24, 2.45) is 0 Å². The summed E-state index contributed by atoms with van der Waals surface area (Å²) in [4.78, 5) is 31.6. The molecule has 5 nitrogen and oxygen atoms in total. The summed E-state index contributed by atoms with van der Waals surface area (Å²) in [6.07, 6.45) is 0.539. The van der Waals surface area contributed by atoms with Gasteiger partial charge in [0.25, 0.3) is 0 Å². The summed E-state index contributed by atoms with van der Waals surface area (Å²) in [5, 5.41) is 0. The molecule has 0 radical (unpaired) electrons. The molecule has 0 aliphatic carbocycles. The fourth-order valence-electron chi connectivity index (χ4n) is 0.690. The third-order valence-electron chi connectivity index (χ3n) is 1.25. The van der Waals surface area contributed by atoms with E-state index in [1.807, 2.05) is 0 Å². The summed E-state index contributed by atoms with van der Waals surface area (Å²) >= 11 is 0. The van der Waals surface area contributed by atoms with Crippen molar-refractivity contribution in [2.45, 2.75) is 26.2 Å². The Hall–Kier alpha value is -1.39. The Balaban J connectivity index is 3.48. The van der Waals surface area contributed by atoms with E-state index in [9.17, 15) is 14.4 Å². The molecule has 0 saturated carbocycles. The third-order valence-corrected chi connectivity index (χ3v) is 1.25. The summed E-state index contributed by atoms with van der Waals surface area (Å²) in [7, 11) is 1.27. The largest absolute Gasteiger partial charge is 0.469 e. The van der Waals surface area contributed by atoms with Crippen LogP contribution in [0.25, 0.3) is 0 Å². The van der Waals surface area contributed by atoms with E-state index >= 15 is 0 Å². The van der Waals surface area contributed by atoms with Gasteiger partial charge in [0, 0.05) is 19.8 Å². The van der Waals surface area contributed by atoms with Crippen LogP contribution in [0.3, 0.4) is 0 Å². The molecule has 13 heavy (non-hydrogen) atoms. The molecular weight excluding hydrogens is 176 g/mol. The molecule has 0 rings (SSSR count). The molecule has 0 fully saturated rings. The lowest BCUT2D eigenvalue weighted by molar-refractivity contribution is -0.158. The number of methoxy groups -OCH3 is 1. The van der Waals surface area contributed by atoms with E-state index < -0.39 is 11.9 Å². The molecule has 0 atom stereocenters. The lowest BCUT2D eigenvalue weighted by Crippen LogP contribution is -2.09. The standard InChI is InChI=1S/C8H12O5/c1-6(9)13-8(11)5-3-4-7(10)12-2/h3-5H2,1-2H3. The zero-order chi connectivity index (χ0) is 10.3. The molecule has 0 aromatic carbocycles. The monoisotopic (exact) mass is 188 g/mol. The highest BCUT2D eigenvalue weighted by Gasteiger charge is 2.07.